The van der Waals surface area contributed by atoms with Gasteiger partial charge in [-0.05, 0) is 30.3 Å². The topological polar surface area (TPSA) is 46.5 Å². The van der Waals surface area contributed by atoms with E-state index in [1.807, 2.05) is 30.3 Å². The maximum atomic E-state index is 10.8. The van der Waals surface area contributed by atoms with E-state index in [1.54, 1.807) is 12.1 Å². The molecular weight excluding hydrogens is 206 g/mol. The van der Waals surface area contributed by atoms with Crippen LogP contribution in [0.25, 0.3) is 0 Å². The molecule has 0 aliphatic rings. The second-order valence-corrected chi connectivity index (χ2v) is 3.25. The van der Waals surface area contributed by atoms with Crippen LogP contribution in [0, 0.1) is 0 Å². The second-order valence-electron chi connectivity index (χ2n) is 3.25. The first-order chi connectivity index (χ1) is 7.75. The van der Waals surface area contributed by atoms with Crippen LogP contribution >= 0.6 is 0 Å². The highest BCUT2D eigenvalue weighted by molar-refractivity contribution is 5.88. The Morgan fingerprint density at radius 3 is 2.56 bits per heavy atom. The zero-order chi connectivity index (χ0) is 11.4. The molecule has 2 rings (SSSR count). The van der Waals surface area contributed by atoms with Crippen molar-refractivity contribution in [1.29, 1.82) is 0 Å². The van der Waals surface area contributed by atoms with E-state index in [2.05, 4.69) is 0 Å². The predicted octanol–water partition coefficient (Wildman–Crippen LogP) is 3.18. The number of carbonyl (C=O) groups is 1. The first kappa shape index (κ1) is 10.2. The first-order valence-electron chi connectivity index (χ1n) is 4.82. The lowest BCUT2D eigenvalue weighted by atomic mass is 10.2. The van der Waals surface area contributed by atoms with E-state index >= 15 is 0 Å². The minimum atomic E-state index is -0.960. The highest BCUT2D eigenvalue weighted by Crippen LogP contribution is 2.21. The van der Waals surface area contributed by atoms with Crippen molar-refractivity contribution < 1.29 is 14.6 Å². The minimum absolute atomic E-state index is 0.216. The molecule has 0 bridgehead atoms. The fourth-order valence-electron chi connectivity index (χ4n) is 1.32. The Morgan fingerprint density at radius 1 is 1.12 bits per heavy atom. The maximum Gasteiger partial charge on any atom is 0.335 e. The van der Waals surface area contributed by atoms with Crippen LogP contribution in [-0.2, 0) is 0 Å². The molecule has 0 aromatic heterocycles. The second kappa shape index (κ2) is 4.49. The van der Waals surface area contributed by atoms with Gasteiger partial charge in [0, 0.05) is 0 Å². The van der Waals surface area contributed by atoms with Crippen LogP contribution in [0.4, 0.5) is 0 Å². The number of carboxylic acids is 1. The highest BCUT2D eigenvalue weighted by atomic mass is 16.7. The van der Waals surface area contributed by atoms with E-state index in [-0.39, 0.29) is 5.56 Å². The normalized spacial score (nSPS) is 9.75. The van der Waals surface area contributed by atoms with Gasteiger partial charge in [-0.2, -0.15) is 0 Å². The van der Waals surface area contributed by atoms with Gasteiger partial charge in [0.2, 0.25) is 0 Å². The van der Waals surface area contributed by atoms with Gasteiger partial charge in [0.1, 0.15) is 11.5 Å². The van der Waals surface area contributed by atoms with Gasteiger partial charge in [0.25, 0.3) is 0 Å². The summed E-state index contributed by atoms with van der Waals surface area (Å²) in [7, 11) is 0. The van der Waals surface area contributed by atoms with Crippen LogP contribution in [0.5, 0.6) is 11.5 Å². The van der Waals surface area contributed by atoms with Crippen molar-refractivity contribution in [2.75, 3.05) is 0 Å². The number of para-hydroxylation sites is 1. The zero-order valence-electron chi connectivity index (χ0n) is 8.46. The zero-order valence-corrected chi connectivity index (χ0v) is 8.46. The molecule has 0 aliphatic heterocycles. The Bertz CT molecular complexity index is 492. The molecule has 0 radical (unpaired) electrons. The molecule has 2 aromatic carbocycles. The molecule has 16 heavy (non-hydrogen) atoms. The molecule has 0 saturated heterocycles. The van der Waals surface area contributed by atoms with E-state index in [4.69, 9.17) is 9.84 Å². The molecule has 1 N–H and O–H groups in total. The van der Waals surface area contributed by atoms with Crippen molar-refractivity contribution in [1.82, 2.24) is 0 Å². The largest absolute Gasteiger partial charge is 0.478 e. The third kappa shape index (κ3) is 2.39. The number of aromatic carboxylic acids is 1. The summed E-state index contributed by atoms with van der Waals surface area (Å²) in [5.74, 6) is 0.245. The van der Waals surface area contributed by atoms with Crippen molar-refractivity contribution in [2.45, 2.75) is 0 Å². The molecule has 0 aliphatic carbocycles. The van der Waals surface area contributed by atoms with E-state index in [1.165, 1.54) is 12.1 Å². The molecule has 0 spiro atoms. The van der Waals surface area contributed by atoms with E-state index in [9.17, 15) is 4.79 Å². The van der Waals surface area contributed by atoms with Crippen LogP contribution in [-0.4, -0.2) is 11.1 Å². The molecular formula is C13H10O3. The van der Waals surface area contributed by atoms with Gasteiger partial charge in [0.05, 0.1) is 5.56 Å². The summed E-state index contributed by atoms with van der Waals surface area (Å²) in [4.78, 5) is 10.8. The number of rotatable bonds is 3. The summed E-state index contributed by atoms with van der Waals surface area (Å²) in [5.41, 5.74) is 0.216. The lowest BCUT2D eigenvalue weighted by molar-refractivity contribution is 0.0696. The van der Waals surface area contributed by atoms with Crippen LogP contribution in [0.15, 0.2) is 54.6 Å². The van der Waals surface area contributed by atoms with Gasteiger partial charge in [-0.15, -0.1) is 0 Å². The third-order valence-electron chi connectivity index (χ3n) is 2.06. The Morgan fingerprint density at radius 2 is 1.88 bits per heavy atom. The van der Waals surface area contributed by atoms with Gasteiger partial charge < -0.3 is 9.84 Å². The number of ether oxygens (including phenoxy) is 1. The SMILES string of the molecule is O=C(O)c1cccc(O[14c]2ccccc2)c1. The monoisotopic (exact) mass is 216 g/mol. The molecule has 0 saturated carbocycles. The number of benzene rings is 2. The molecule has 0 amide bonds. The molecule has 2 aromatic rings. The third-order valence-corrected chi connectivity index (χ3v) is 2.06. The first-order valence-corrected chi connectivity index (χ1v) is 4.82. The quantitative estimate of drug-likeness (QED) is 0.857. The fraction of sp³-hybridized carbons (Fsp3) is 0. The van der Waals surface area contributed by atoms with Crippen molar-refractivity contribution in [3.63, 3.8) is 0 Å². The Labute approximate surface area is 92.9 Å². The van der Waals surface area contributed by atoms with Crippen molar-refractivity contribution in [3.05, 3.63) is 60.2 Å². The average molecular weight is 216 g/mol. The number of hydrogen-bond donors (Lipinski definition) is 1. The van der Waals surface area contributed by atoms with E-state index in [0.717, 1.165) is 0 Å². The average Bonchev–Trinajstić information content (AvgIpc) is 2.30. The summed E-state index contributed by atoms with van der Waals surface area (Å²) in [5, 5.41) is 8.82. The maximum absolute atomic E-state index is 10.8. The molecule has 0 atom stereocenters. The Balaban J connectivity index is 2.22. The molecule has 0 unspecified atom stereocenters. The number of carboxylic acid groups (broad SMARTS) is 1. The van der Waals surface area contributed by atoms with Gasteiger partial charge in [-0.25, -0.2) is 4.79 Å². The van der Waals surface area contributed by atoms with Gasteiger partial charge in [0.15, 0.2) is 0 Å². The molecule has 0 heterocycles. The van der Waals surface area contributed by atoms with E-state index in [0.29, 0.717) is 11.5 Å². The van der Waals surface area contributed by atoms with Crippen LogP contribution in [0.2, 0.25) is 0 Å². The van der Waals surface area contributed by atoms with E-state index < -0.39 is 5.97 Å². The van der Waals surface area contributed by atoms with Crippen LogP contribution in [0.3, 0.4) is 0 Å². The van der Waals surface area contributed by atoms with Gasteiger partial charge >= 0.3 is 5.97 Å². The lowest BCUT2D eigenvalue weighted by Gasteiger charge is -2.05. The van der Waals surface area contributed by atoms with Gasteiger partial charge in [-0.1, -0.05) is 24.3 Å². The van der Waals surface area contributed by atoms with Crippen molar-refractivity contribution >= 4 is 5.97 Å². The van der Waals surface area contributed by atoms with Crippen molar-refractivity contribution in [2.24, 2.45) is 0 Å². The minimum Gasteiger partial charge on any atom is -0.478 e. The van der Waals surface area contributed by atoms with Crippen LogP contribution in [0.1, 0.15) is 10.4 Å². The number of hydrogen-bond acceptors (Lipinski definition) is 2. The van der Waals surface area contributed by atoms with Crippen LogP contribution < -0.4 is 4.74 Å². The summed E-state index contributed by atoms with van der Waals surface area (Å²) >= 11 is 0. The highest BCUT2D eigenvalue weighted by Gasteiger charge is 2.04. The Hall–Kier alpha value is -2.29. The Kier molecular flexibility index (Phi) is 2.87. The standard InChI is InChI=1S/C13H10O3/c14-13(15)10-5-4-8-12(9-10)16-11-6-2-1-3-7-11/h1-9H,(H,14,15)/i11+2. The van der Waals surface area contributed by atoms with Gasteiger partial charge in [-0.3, -0.25) is 0 Å². The summed E-state index contributed by atoms with van der Waals surface area (Å²) in [6.07, 6.45) is 0. The predicted molar refractivity (Wildman–Crippen MR) is 59.9 cm³/mol. The molecule has 0 fully saturated rings. The lowest BCUT2D eigenvalue weighted by Crippen LogP contribution is -1.95. The summed E-state index contributed by atoms with van der Waals surface area (Å²) < 4.78 is 5.51. The molecule has 3 nitrogen and oxygen atoms in total. The summed E-state index contributed by atoms with van der Waals surface area (Å²) in [6, 6.07) is 15.6. The molecule has 3 heteroatoms. The molecule has 80 valence electrons. The van der Waals surface area contributed by atoms with Crippen molar-refractivity contribution in [3.8, 4) is 11.5 Å². The summed E-state index contributed by atoms with van der Waals surface area (Å²) in [6.45, 7) is 0. The fourth-order valence-corrected chi connectivity index (χ4v) is 1.32. The smallest absolute Gasteiger partial charge is 0.335 e.